The van der Waals surface area contributed by atoms with Crippen LogP contribution < -0.4 is 5.32 Å². The highest BCUT2D eigenvalue weighted by atomic mass is 35.5. The Bertz CT molecular complexity index is 1230. The first-order chi connectivity index (χ1) is 16.5. The number of carbonyl (C=O) groups is 2. The van der Waals surface area contributed by atoms with Gasteiger partial charge in [-0.3, -0.25) is 0 Å². The van der Waals surface area contributed by atoms with Crippen LogP contribution in [0.4, 0.5) is 4.79 Å². The number of alkyl carbamates (subject to hydrolysis) is 1. The average molecular weight is 497 g/mol. The van der Waals surface area contributed by atoms with Crippen LogP contribution in [0.2, 0.25) is 5.02 Å². The van der Waals surface area contributed by atoms with Crippen LogP contribution in [0.1, 0.15) is 69.8 Å². The average Bonchev–Trinajstić information content (AvgIpc) is 3.15. The van der Waals surface area contributed by atoms with Crippen molar-refractivity contribution in [3.8, 4) is 11.1 Å². The quantitative estimate of drug-likeness (QED) is 0.353. The molecule has 1 aromatic heterocycles. The summed E-state index contributed by atoms with van der Waals surface area (Å²) in [6.07, 6.45) is 4.04. The molecule has 4 rings (SSSR count). The number of halogens is 1. The summed E-state index contributed by atoms with van der Waals surface area (Å²) in [5, 5.41) is 4.44. The smallest absolute Gasteiger partial charge is 0.408 e. The Balaban J connectivity index is 1.60. The van der Waals surface area contributed by atoms with Crippen LogP contribution in [-0.4, -0.2) is 29.3 Å². The third-order valence-electron chi connectivity index (χ3n) is 6.23. The zero-order valence-electron chi connectivity index (χ0n) is 21.0. The molecule has 0 radical (unpaired) electrons. The first-order valence-corrected chi connectivity index (χ1v) is 12.4. The minimum atomic E-state index is -0.549. The Morgan fingerprint density at radius 3 is 2.40 bits per heavy atom. The Kier molecular flexibility index (Phi) is 6.87. The number of hydrogen-bond acceptors (Lipinski definition) is 4. The van der Waals surface area contributed by atoms with Crippen molar-refractivity contribution >= 4 is 34.6 Å². The standard InChI is InChI=1S/C28H33ClN2O4/c1-17(2)16-34-25(32)22-15-30-24-14-23(29)20(13-21(22)24)18-7-9-19(10-8-18)28(11-6-12-28)31-26(33)35-27(3,4)5/h7-10,13-15,17,30H,6,11-12,16H2,1-5H3,(H,31,33). The molecule has 0 atom stereocenters. The van der Waals surface area contributed by atoms with Crippen LogP contribution in [0.3, 0.4) is 0 Å². The number of rotatable bonds is 6. The van der Waals surface area contributed by atoms with Crippen molar-refractivity contribution in [1.82, 2.24) is 10.3 Å². The van der Waals surface area contributed by atoms with Gasteiger partial charge < -0.3 is 19.8 Å². The van der Waals surface area contributed by atoms with Gasteiger partial charge in [0.15, 0.2) is 0 Å². The Labute approximate surface area is 211 Å². The highest BCUT2D eigenvalue weighted by Gasteiger charge is 2.41. The number of nitrogens with one attached hydrogen (secondary N) is 2. The second-order valence-electron chi connectivity index (χ2n) is 10.7. The number of esters is 1. The van der Waals surface area contributed by atoms with E-state index in [1.807, 2.05) is 71.0 Å². The lowest BCUT2D eigenvalue weighted by molar-refractivity contribution is 0.0376. The number of carbonyl (C=O) groups excluding carboxylic acids is 2. The third kappa shape index (κ3) is 5.48. The monoisotopic (exact) mass is 496 g/mol. The van der Waals surface area contributed by atoms with Crippen LogP contribution in [0.15, 0.2) is 42.6 Å². The lowest BCUT2D eigenvalue weighted by Gasteiger charge is -2.43. The normalized spacial score (nSPS) is 15.1. The van der Waals surface area contributed by atoms with Crippen LogP contribution >= 0.6 is 11.6 Å². The number of amides is 1. The molecule has 7 heteroatoms. The summed E-state index contributed by atoms with van der Waals surface area (Å²) in [6, 6.07) is 11.8. The first kappa shape index (κ1) is 25.1. The molecule has 1 saturated carbocycles. The Morgan fingerprint density at radius 2 is 1.83 bits per heavy atom. The van der Waals surface area contributed by atoms with Gasteiger partial charge in [0.1, 0.15) is 5.60 Å². The van der Waals surface area contributed by atoms with E-state index in [9.17, 15) is 9.59 Å². The number of benzene rings is 2. The van der Waals surface area contributed by atoms with Crippen molar-refractivity contribution < 1.29 is 19.1 Å². The minimum absolute atomic E-state index is 0.261. The highest BCUT2D eigenvalue weighted by Crippen LogP contribution is 2.42. The number of hydrogen-bond donors (Lipinski definition) is 2. The second kappa shape index (κ2) is 9.57. The molecule has 0 bridgehead atoms. The molecule has 1 heterocycles. The lowest BCUT2D eigenvalue weighted by atomic mass is 9.71. The molecule has 186 valence electrons. The Morgan fingerprint density at radius 1 is 1.14 bits per heavy atom. The SMILES string of the molecule is CC(C)COC(=O)c1c[nH]c2cc(Cl)c(-c3ccc(C4(NC(=O)OC(C)(C)C)CCC4)cc3)cc12. The number of ether oxygens (including phenoxy) is 2. The molecular weight excluding hydrogens is 464 g/mol. The summed E-state index contributed by atoms with van der Waals surface area (Å²) in [5.74, 6) is -0.0924. The van der Waals surface area contributed by atoms with Crippen LogP contribution in [0.5, 0.6) is 0 Å². The van der Waals surface area contributed by atoms with Crippen molar-refractivity contribution in [3.05, 3.63) is 58.7 Å². The van der Waals surface area contributed by atoms with E-state index in [-0.39, 0.29) is 11.9 Å². The van der Waals surface area contributed by atoms with E-state index in [4.69, 9.17) is 21.1 Å². The maximum Gasteiger partial charge on any atom is 0.408 e. The minimum Gasteiger partial charge on any atom is -0.462 e. The number of fused-ring (bicyclic) bond motifs is 1. The van der Waals surface area contributed by atoms with Crippen molar-refractivity contribution in [1.29, 1.82) is 0 Å². The summed E-state index contributed by atoms with van der Waals surface area (Å²) in [5.41, 5.74) is 3.10. The van der Waals surface area contributed by atoms with Crippen molar-refractivity contribution in [2.24, 2.45) is 5.92 Å². The van der Waals surface area contributed by atoms with Crippen molar-refractivity contribution in [2.45, 2.75) is 65.0 Å². The highest BCUT2D eigenvalue weighted by molar-refractivity contribution is 6.34. The molecule has 35 heavy (non-hydrogen) atoms. The third-order valence-corrected chi connectivity index (χ3v) is 6.55. The Hall–Kier alpha value is -2.99. The van der Waals surface area contributed by atoms with Gasteiger partial charge in [0.05, 0.1) is 22.7 Å². The van der Waals surface area contributed by atoms with Gasteiger partial charge in [0, 0.05) is 22.7 Å². The van der Waals surface area contributed by atoms with Crippen LogP contribution in [0, 0.1) is 5.92 Å². The molecule has 3 aromatic rings. The van der Waals surface area contributed by atoms with Gasteiger partial charge in [-0.05, 0) is 69.2 Å². The topological polar surface area (TPSA) is 80.4 Å². The molecule has 1 aliphatic rings. The van der Waals surface area contributed by atoms with Gasteiger partial charge in [-0.1, -0.05) is 49.7 Å². The van der Waals surface area contributed by atoms with Crippen molar-refractivity contribution in [2.75, 3.05) is 6.61 Å². The molecule has 0 spiro atoms. The van der Waals surface area contributed by atoms with E-state index in [0.29, 0.717) is 17.2 Å². The van der Waals surface area contributed by atoms with Gasteiger partial charge in [-0.2, -0.15) is 0 Å². The lowest BCUT2D eigenvalue weighted by Crippen LogP contribution is -2.52. The predicted octanol–water partition coefficient (Wildman–Crippen LogP) is 7.21. The van der Waals surface area contributed by atoms with E-state index >= 15 is 0 Å². The molecule has 0 unspecified atom stereocenters. The summed E-state index contributed by atoms with van der Waals surface area (Å²) in [4.78, 5) is 28.2. The summed E-state index contributed by atoms with van der Waals surface area (Å²) in [7, 11) is 0. The van der Waals surface area contributed by atoms with Crippen LogP contribution in [0.25, 0.3) is 22.0 Å². The molecule has 6 nitrogen and oxygen atoms in total. The van der Waals surface area contributed by atoms with E-state index in [2.05, 4.69) is 10.3 Å². The van der Waals surface area contributed by atoms with E-state index in [0.717, 1.165) is 46.9 Å². The summed E-state index contributed by atoms with van der Waals surface area (Å²) >= 11 is 6.62. The van der Waals surface area contributed by atoms with Gasteiger partial charge >= 0.3 is 12.1 Å². The summed E-state index contributed by atoms with van der Waals surface area (Å²) in [6.45, 7) is 9.94. The molecule has 2 N–H and O–H groups in total. The summed E-state index contributed by atoms with van der Waals surface area (Å²) < 4.78 is 10.9. The maximum atomic E-state index is 12.6. The molecule has 1 fully saturated rings. The van der Waals surface area contributed by atoms with Gasteiger partial charge in [-0.15, -0.1) is 0 Å². The molecule has 2 aromatic carbocycles. The predicted molar refractivity (Wildman–Crippen MR) is 139 cm³/mol. The fourth-order valence-electron chi connectivity index (χ4n) is 4.34. The number of aromatic nitrogens is 1. The van der Waals surface area contributed by atoms with E-state index < -0.39 is 17.2 Å². The van der Waals surface area contributed by atoms with Crippen molar-refractivity contribution in [3.63, 3.8) is 0 Å². The number of H-pyrrole nitrogens is 1. The second-order valence-corrected chi connectivity index (χ2v) is 11.1. The molecule has 0 aliphatic heterocycles. The van der Waals surface area contributed by atoms with Gasteiger partial charge in [0.25, 0.3) is 0 Å². The molecule has 1 amide bonds. The largest absolute Gasteiger partial charge is 0.462 e. The zero-order valence-corrected chi connectivity index (χ0v) is 21.7. The maximum absolute atomic E-state index is 12.6. The van der Waals surface area contributed by atoms with Gasteiger partial charge in [-0.25, -0.2) is 9.59 Å². The van der Waals surface area contributed by atoms with E-state index in [1.165, 1.54) is 0 Å². The van der Waals surface area contributed by atoms with Gasteiger partial charge in [0.2, 0.25) is 0 Å². The molecule has 1 aliphatic carbocycles. The number of aromatic amines is 1. The zero-order chi connectivity index (χ0) is 25.4. The molecule has 0 saturated heterocycles. The molecular formula is C28H33ClN2O4. The fraction of sp³-hybridized carbons (Fsp3) is 0.429. The first-order valence-electron chi connectivity index (χ1n) is 12.1. The fourth-order valence-corrected chi connectivity index (χ4v) is 4.61. The van der Waals surface area contributed by atoms with E-state index in [1.54, 1.807) is 6.20 Å². The van der Waals surface area contributed by atoms with Crippen LogP contribution in [-0.2, 0) is 15.0 Å².